The van der Waals surface area contributed by atoms with Crippen molar-refractivity contribution >= 4 is 8.78 Å². The zero-order valence-electron chi connectivity index (χ0n) is 18.2. The SMILES string of the molecule is Cc1cccc2c1-c1c([c-]c(C3=CC=CC3)c(C)c1C)C2.[Cl-].[Cl-].[Zr+2]=[C]1CCCCC1. The van der Waals surface area contributed by atoms with E-state index in [2.05, 4.69) is 63.3 Å². The van der Waals surface area contributed by atoms with Gasteiger partial charge in [0, 0.05) is 0 Å². The summed E-state index contributed by atoms with van der Waals surface area (Å²) in [4.78, 5) is 0. The van der Waals surface area contributed by atoms with Gasteiger partial charge in [-0.15, -0.1) is 40.0 Å². The summed E-state index contributed by atoms with van der Waals surface area (Å²) in [6, 6.07) is 10.4. The summed E-state index contributed by atoms with van der Waals surface area (Å²) in [5, 5.41) is 0. The summed E-state index contributed by atoms with van der Waals surface area (Å²) < 4.78 is 1.80. The van der Waals surface area contributed by atoms with Crippen molar-refractivity contribution in [2.75, 3.05) is 0 Å². The Morgan fingerprint density at radius 1 is 0.900 bits per heavy atom. The first-order valence-corrected chi connectivity index (χ1v) is 11.9. The molecule has 3 aliphatic carbocycles. The fraction of sp³-hybridized carbons (Fsp3) is 0.370. The Morgan fingerprint density at radius 3 is 2.23 bits per heavy atom. The fourth-order valence-electron chi connectivity index (χ4n) is 4.74. The summed E-state index contributed by atoms with van der Waals surface area (Å²) in [5.41, 5.74) is 12.7. The average Bonchev–Trinajstić information content (AvgIpc) is 3.34. The molecule has 1 saturated carbocycles. The van der Waals surface area contributed by atoms with Gasteiger partial charge in [-0.25, -0.2) is 0 Å². The quantitative estimate of drug-likeness (QED) is 0.425. The molecular weight excluding hydrogens is 486 g/mol. The van der Waals surface area contributed by atoms with E-state index >= 15 is 0 Å². The van der Waals surface area contributed by atoms with Gasteiger partial charge in [0.05, 0.1) is 0 Å². The van der Waals surface area contributed by atoms with Crippen LogP contribution in [0, 0.1) is 26.8 Å². The van der Waals surface area contributed by atoms with Crippen LogP contribution in [0.4, 0.5) is 0 Å². The first kappa shape index (κ1) is 25.5. The number of hydrogen-bond acceptors (Lipinski definition) is 0. The molecule has 2 aromatic carbocycles. The number of allylic oxidation sites excluding steroid dienone is 4. The molecule has 0 heterocycles. The summed E-state index contributed by atoms with van der Waals surface area (Å²) in [6.07, 6.45) is 16.0. The van der Waals surface area contributed by atoms with Crippen LogP contribution in [0.15, 0.2) is 36.4 Å². The topological polar surface area (TPSA) is 0 Å². The molecule has 5 rings (SSSR count). The van der Waals surface area contributed by atoms with Gasteiger partial charge >= 0.3 is 59.5 Å². The van der Waals surface area contributed by atoms with Gasteiger partial charge in [0.1, 0.15) is 0 Å². The normalized spacial score (nSPS) is 15.9. The van der Waals surface area contributed by atoms with E-state index in [-0.39, 0.29) is 24.8 Å². The molecule has 30 heavy (non-hydrogen) atoms. The second kappa shape index (κ2) is 11.2. The predicted octanol–water partition coefficient (Wildman–Crippen LogP) is 1.00. The van der Waals surface area contributed by atoms with Crippen molar-refractivity contribution in [3.8, 4) is 11.1 Å². The Labute approximate surface area is 209 Å². The van der Waals surface area contributed by atoms with Crippen molar-refractivity contribution in [3.63, 3.8) is 0 Å². The van der Waals surface area contributed by atoms with E-state index in [1.807, 2.05) is 0 Å². The van der Waals surface area contributed by atoms with E-state index in [1.54, 1.807) is 27.4 Å². The summed E-state index contributed by atoms with van der Waals surface area (Å²) >= 11 is 1.69. The number of halogens is 2. The van der Waals surface area contributed by atoms with Gasteiger partial charge < -0.3 is 24.8 Å². The van der Waals surface area contributed by atoms with Crippen LogP contribution >= 0.6 is 0 Å². The Balaban J connectivity index is 0.000000307. The van der Waals surface area contributed by atoms with Gasteiger partial charge in [0.2, 0.25) is 0 Å². The van der Waals surface area contributed by atoms with Crippen LogP contribution in [0.25, 0.3) is 16.7 Å². The Kier molecular flexibility index (Phi) is 9.54. The van der Waals surface area contributed by atoms with Crippen molar-refractivity contribution in [1.29, 1.82) is 0 Å². The molecule has 156 valence electrons. The van der Waals surface area contributed by atoms with E-state index in [9.17, 15) is 0 Å². The monoisotopic (exact) mass is 513 g/mol. The van der Waals surface area contributed by atoms with Gasteiger partial charge in [0.25, 0.3) is 0 Å². The van der Waals surface area contributed by atoms with Gasteiger partial charge in [-0.1, -0.05) is 60.9 Å². The molecule has 0 nitrogen and oxygen atoms in total. The zero-order chi connectivity index (χ0) is 19.7. The van der Waals surface area contributed by atoms with Crippen molar-refractivity contribution < 1.29 is 49.0 Å². The summed E-state index contributed by atoms with van der Waals surface area (Å²) in [7, 11) is 0. The molecule has 0 unspecified atom stereocenters. The molecule has 0 aromatic heterocycles. The molecular formula is C27H29Cl2Zr-. The van der Waals surface area contributed by atoms with Crippen molar-refractivity contribution in [2.24, 2.45) is 0 Å². The van der Waals surface area contributed by atoms with Gasteiger partial charge in [0.15, 0.2) is 0 Å². The zero-order valence-corrected chi connectivity index (χ0v) is 22.1. The van der Waals surface area contributed by atoms with E-state index < -0.39 is 0 Å². The third kappa shape index (κ3) is 5.17. The molecule has 0 aliphatic heterocycles. The summed E-state index contributed by atoms with van der Waals surface area (Å²) in [5.74, 6) is 0. The minimum absolute atomic E-state index is 0. The standard InChI is InChI=1S/C21H19.C6H10.2ClH.Zr/c1-13-7-6-10-17-11-18-12-19(16-8-4-5-9-16)14(2)15(3)21(18)20(13)17;1-2-4-6-5-3-1;;;/h4-8,10H,9,11H2,1-3H3;1-5H2;2*1H;/q-1;;;;+2/p-2. The van der Waals surface area contributed by atoms with Crippen LogP contribution in [0.3, 0.4) is 0 Å². The van der Waals surface area contributed by atoms with E-state index in [0.717, 1.165) is 12.8 Å². The molecule has 1 fully saturated rings. The minimum atomic E-state index is 0. The number of fused-ring (bicyclic) bond motifs is 3. The van der Waals surface area contributed by atoms with E-state index in [1.165, 1.54) is 82.2 Å². The third-order valence-electron chi connectivity index (χ3n) is 6.42. The maximum absolute atomic E-state index is 3.74. The molecule has 0 atom stereocenters. The fourth-order valence-corrected chi connectivity index (χ4v) is 5.60. The van der Waals surface area contributed by atoms with Crippen molar-refractivity contribution in [3.05, 3.63) is 75.9 Å². The van der Waals surface area contributed by atoms with Crippen molar-refractivity contribution in [2.45, 2.75) is 65.7 Å². The van der Waals surface area contributed by atoms with Gasteiger partial charge in [-0.3, -0.25) is 0 Å². The Morgan fingerprint density at radius 2 is 1.63 bits per heavy atom. The number of hydrogen-bond donors (Lipinski definition) is 0. The molecule has 2 aromatic rings. The molecule has 3 aliphatic rings. The van der Waals surface area contributed by atoms with Gasteiger partial charge in [-0.2, -0.15) is 0 Å². The molecule has 0 saturated heterocycles. The van der Waals surface area contributed by atoms with E-state index in [0.29, 0.717) is 0 Å². The van der Waals surface area contributed by atoms with Crippen molar-refractivity contribution in [1.82, 2.24) is 0 Å². The third-order valence-corrected chi connectivity index (χ3v) is 7.64. The second-order valence-corrected chi connectivity index (χ2v) is 10.1. The molecule has 0 N–H and O–H groups in total. The van der Waals surface area contributed by atoms with E-state index in [4.69, 9.17) is 0 Å². The number of aryl methyl sites for hydroxylation is 1. The van der Waals surface area contributed by atoms with Crippen LogP contribution in [0.1, 0.15) is 71.9 Å². The molecule has 0 radical (unpaired) electrons. The number of benzene rings is 2. The maximum atomic E-state index is 3.74. The Hall–Kier alpha value is -0.747. The van der Waals surface area contributed by atoms with Crippen LogP contribution in [0.2, 0.25) is 0 Å². The van der Waals surface area contributed by atoms with Crippen LogP contribution in [0.5, 0.6) is 0 Å². The van der Waals surface area contributed by atoms with Crippen LogP contribution in [-0.4, -0.2) is 3.21 Å². The van der Waals surface area contributed by atoms with Crippen LogP contribution < -0.4 is 24.8 Å². The second-order valence-electron chi connectivity index (χ2n) is 8.38. The molecule has 0 spiro atoms. The van der Waals surface area contributed by atoms with Gasteiger partial charge in [-0.05, 0) is 25.3 Å². The molecule has 0 bridgehead atoms. The molecule has 3 heteroatoms. The average molecular weight is 516 g/mol. The number of rotatable bonds is 1. The first-order valence-electron chi connectivity index (χ1n) is 10.6. The predicted molar refractivity (Wildman–Crippen MR) is 118 cm³/mol. The summed E-state index contributed by atoms with van der Waals surface area (Å²) in [6.45, 7) is 6.74. The molecule has 0 amide bonds. The first-order chi connectivity index (χ1) is 13.6. The van der Waals surface area contributed by atoms with Crippen LogP contribution in [-0.2, 0) is 30.7 Å². The Bertz CT molecular complexity index is 990.